The van der Waals surface area contributed by atoms with E-state index in [1.54, 1.807) is 0 Å². The smallest absolute Gasteiger partial charge is 0.143 e. The standard InChI is InChI=1S/C50H31NO2/c1-2-11-32(12-3-1)34-23-25-37(26-24-34)51(38-27-28-47-43(30-38)40-16-8-9-19-46(40)52-47)45-18-10-20-48-49(45)44-31-42(39-15-6-7-17-41(39)50(44)53-48)36-22-21-33-13-4-5-14-35(33)29-36/h1-31H. The molecular weight excluding hydrogens is 647 g/mol. The van der Waals surface area contributed by atoms with Crippen molar-refractivity contribution in [1.29, 1.82) is 0 Å². The van der Waals surface area contributed by atoms with Crippen molar-refractivity contribution in [2.75, 3.05) is 4.90 Å². The molecule has 9 aromatic carbocycles. The minimum atomic E-state index is 0.846. The first-order chi connectivity index (χ1) is 26.3. The Morgan fingerprint density at radius 1 is 0.340 bits per heavy atom. The van der Waals surface area contributed by atoms with Crippen LogP contribution < -0.4 is 4.90 Å². The number of benzene rings is 9. The van der Waals surface area contributed by atoms with Gasteiger partial charge in [0.25, 0.3) is 0 Å². The van der Waals surface area contributed by atoms with Crippen molar-refractivity contribution >= 4 is 82.5 Å². The predicted molar refractivity (Wildman–Crippen MR) is 222 cm³/mol. The van der Waals surface area contributed by atoms with Crippen molar-refractivity contribution in [3.8, 4) is 22.3 Å². The van der Waals surface area contributed by atoms with Gasteiger partial charge in [0.05, 0.1) is 11.1 Å². The maximum atomic E-state index is 6.84. The van der Waals surface area contributed by atoms with E-state index in [4.69, 9.17) is 8.83 Å². The van der Waals surface area contributed by atoms with Gasteiger partial charge in [0.2, 0.25) is 0 Å². The summed E-state index contributed by atoms with van der Waals surface area (Å²) in [6.45, 7) is 0. The molecule has 0 saturated heterocycles. The average Bonchev–Trinajstić information content (AvgIpc) is 3.80. The largest absolute Gasteiger partial charge is 0.456 e. The van der Waals surface area contributed by atoms with Crippen molar-refractivity contribution in [3.05, 3.63) is 188 Å². The van der Waals surface area contributed by atoms with Gasteiger partial charge in [-0.2, -0.15) is 0 Å². The van der Waals surface area contributed by atoms with Crippen LogP contribution in [-0.4, -0.2) is 0 Å². The maximum absolute atomic E-state index is 6.84. The molecule has 3 nitrogen and oxygen atoms in total. The lowest BCUT2D eigenvalue weighted by Crippen LogP contribution is -2.10. The van der Waals surface area contributed by atoms with Gasteiger partial charge in [-0.25, -0.2) is 0 Å². The van der Waals surface area contributed by atoms with Crippen LogP contribution in [0.15, 0.2) is 197 Å². The minimum Gasteiger partial charge on any atom is -0.456 e. The molecule has 0 fully saturated rings. The van der Waals surface area contributed by atoms with Gasteiger partial charge >= 0.3 is 0 Å². The fraction of sp³-hybridized carbons (Fsp3) is 0. The first kappa shape index (κ1) is 29.6. The quantitative estimate of drug-likeness (QED) is 0.182. The number of fused-ring (bicyclic) bond motifs is 9. The van der Waals surface area contributed by atoms with Gasteiger partial charge < -0.3 is 13.7 Å². The van der Waals surface area contributed by atoms with Crippen LogP contribution in [0.1, 0.15) is 0 Å². The molecule has 0 spiro atoms. The zero-order valence-corrected chi connectivity index (χ0v) is 28.7. The molecule has 53 heavy (non-hydrogen) atoms. The highest BCUT2D eigenvalue weighted by atomic mass is 16.3. The molecule has 0 amide bonds. The van der Waals surface area contributed by atoms with Crippen molar-refractivity contribution in [2.24, 2.45) is 0 Å². The van der Waals surface area contributed by atoms with E-state index in [1.165, 1.54) is 38.4 Å². The van der Waals surface area contributed by atoms with Crippen molar-refractivity contribution in [1.82, 2.24) is 0 Å². The summed E-state index contributed by atoms with van der Waals surface area (Å²) < 4.78 is 13.1. The Balaban J connectivity index is 1.18. The van der Waals surface area contributed by atoms with E-state index in [2.05, 4.69) is 181 Å². The van der Waals surface area contributed by atoms with E-state index in [-0.39, 0.29) is 0 Å². The predicted octanol–water partition coefficient (Wildman–Crippen LogP) is 14.6. The molecule has 3 heteroatoms. The first-order valence-corrected chi connectivity index (χ1v) is 18.0. The summed E-state index contributed by atoms with van der Waals surface area (Å²) in [6, 6.07) is 66.8. The van der Waals surface area contributed by atoms with Crippen LogP contribution >= 0.6 is 0 Å². The zero-order valence-electron chi connectivity index (χ0n) is 28.7. The first-order valence-electron chi connectivity index (χ1n) is 18.0. The summed E-state index contributed by atoms with van der Waals surface area (Å²) in [5.41, 5.74) is 11.3. The summed E-state index contributed by atoms with van der Waals surface area (Å²) in [5, 5.41) is 9.05. The molecule has 0 atom stereocenters. The van der Waals surface area contributed by atoms with Gasteiger partial charge in [0.15, 0.2) is 0 Å². The summed E-state index contributed by atoms with van der Waals surface area (Å²) in [6.07, 6.45) is 0. The Hall–Kier alpha value is -7.10. The monoisotopic (exact) mass is 677 g/mol. The Bertz CT molecular complexity index is 3170. The van der Waals surface area contributed by atoms with E-state index >= 15 is 0 Å². The van der Waals surface area contributed by atoms with Gasteiger partial charge in [-0.15, -0.1) is 0 Å². The maximum Gasteiger partial charge on any atom is 0.143 e. The second kappa shape index (κ2) is 11.7. The lowest BCUT2D eigenvalue weighted by Gasteiger charge is -2.26. The van der Waals surface area contributed by atoms with Crippen LogP contribution in [0.5, 0.6) is 0 Å². The average molecular weight is 678 g/mol. The third-order valence-electron chi connectivity index (χ3n) is 10.6. The van der Waals surface area contributed by atoms with Gasteiger partial charge in [-0.1, -0.05) is 127 Å². The summed E-state index contributed by atoms with van der Waals surface area (Å²) in [7, 11) is 0. The van der Waals surface area contributed by atoms with Gasteiger partial charge in [-0.3, -0.25) is 0 Å². The van der Waals surface area contributed by atoms with Crippen molar-refractivity contribution in [2.45, 2.75) is 0 Å². The fourth-order valence-corrected chi connectivity index (χ4v) is 8.13. The summed E-state index contributed by atoms with van der Waals surface area (Å²) in [4.78, 5) is 2.36. The highest BCUT2D eigenvalue weighted by Crippen LogP contribution is 2.47. The second-order valence-corrected chi connectivity index (χ2v) is 13.7. The number of rotatable bonds is 5. The SMILES string of the molecule is c1ccc(-c2ccc(N(c3ccc4oc5ccccc5c4c3)c3cccc4oc5c6ccccc6c(-c6ccc7ccccc7c6)cc5c34)cc2)cc1. The molecule has 0 bridgehead atoms. The molecule has 0 aliphatic heterocycles. The molecule has 11 aromatic rings. The molecule has 0 N–H and O–H groups in total. The molecule has 2 heterocycles. The van der Waals surface area contributed by atoms with Crippen LogP contribution in [0.2, 0.25) is 0 Å². The molecule has 0 saturated carbocycles. The van der Waals surface area contributed by atoms with E-state index in [1.807, 2.05) is 12.1 Å². The van der Waals surface area contributed by atoms with Gasteiger partial charge in [0, 0.05) is 32.9 Å². The topological polar surface area (TPSA) is 29.5 Å². The number of anilines is 3. The number of hydrogen-bond donors (Lipinski definition) is 0. The third-order valence-corrected chi connectivity index (χ3v) is 10.6. The second-order valence-electron chi connectivity index (χ2n) is 13.7. The van der Waals surface area contributed by atoms with Crippen LogP contribution in [-0.2, 0) is 0 Å². The van der Waals surface area contributed by atoms with E-state index < -0.39 is 0 Å². The lowest BCUT2D eigenvalue weighted by molar-refractivity contribution is 0.669. The highest BCUT2D eigenvalue weighted by molar-refractivity contribution is 6.23. The van der Waals surface area contributed by atoms with E-state index in [0.29, 0.717) is 0 Å². The van der Waals surface area contributed by atoms with Gasteiger partial charge in [0.1, 0.15) is 22.3 Å². The Kier molecular flexibility index (Phi) is 6.55. The lowest BCUT2D eigenvalue weighted by atomic mass is 9.93. The molecule has 11 rings (SSSR count). The fourth-order valence-electron chi connectivity index (χ4n) is 8.13. The molecule has 248 valence electrons. The van der Waals surface area contributed by atoms with Crippen LogP contribution in [0.25, 0.3) is 87.7 Å². The van der Waals surface area contributed by atoms with Crippen molar-refractivity contribution < 1.29 is 8.83 Å². The molecule has 0 radical (unpaired) electrons. The van der Waals surface area contributed by atoms with E-state index in [9.17, 15) is 0 Å². The number of hydrogen-bond acceptors (Lipinski definition) is 3. The summed E-state index contributed by atoms with van der Waals surface area (Å²) in [5.74, 6) is 0. The van der Waals surface area contributed by atoms with Gasteiger partial charge in [-0.05, 0) is 99.1 Å². The molecule has 0 aliphatic rings. The number of para-hydroxylation sites is 1. The van der Waals surface area contributed by atoms with Crippen molar-refractivity contribution in [3.63, 3.8) is 0 Å². The minimum absolute atomic E-state index is 0.846. The normalized spacial score (nSPS) is 11.8. The highest BCUT2D eigenvalue weighted by Gasteiger charge is 2.23. The van der Waals surface area contributed by atoms with Crippen LogP contribution in [0.4, 0.5) is 17.1 Å². The number of nitrogens with zero attached hydrogens (tertiary/aromatic N) is 1. The molecular formula is C50H31NO2. The molecule has 2 aromatic heterocycles. The Labute approximate surface area is 305 Å². The Morgan fingerprint density at radius 3 is 1.87 bits per heavy atom. The van der Waals surface area contributed by atoms with Crippen LogP contribution in [0, 0.1) is 0 Å². The summed E-state index contributed by atoms with van der Waals surface area (Å²) >= 11 is 0. The van der Waals surface area contributed by atoms with E-state index in [0.717, 1.165) is 66.3 Å². The third kappa shape index (κ3) is 4.75. The Morgan fingerprint density at radius 2 is 1.00 bits per heavy atom. The molecule has 0 aliphatic carbocycles. The zero-order chi connectivity index (χ0) is 34.9. The number of furan rings is 2. The van der Waals surface area contributed by atoms with Crippen LogP contribution in [0.3, 0.4) is 0 Å². The molecule has 0 unspecified atom stereocenters.